The predicted octanol–water partition coefficient (Wildman–Crippen LogP) is 1.29. The number of nitrogens with zero attached hydrogens (tertiary/aromatic N) is 5. The minimum absolute atomic E-state index is 0.0870. The van der Waals surface area contributed by atoms with E-state index in [0.717, 1.165) is 25.9 Å². The molecule has 0 spiro atoms. The Kier molecular flexibility index (Phi) is 4.90. The Morgan fingerprint density at radius 2 is 2.08 bits per heavy atom. The van der Waals surface area contributed by atoms with Crippen LogP contribution in [0.15, 0.2) is 18.5 Å². The molecule has 1 aliphatic rings. The number of hydrazine groups is 1. The average molecular weight is 350 g/mol. The summed E-state index contributed by atoms with van der Waals surface area (Å²) in [6, 6.07) is 1.59. The number of nitrogens with one attached hydrogen (secondary N) is 2. The number of carbonyl (C=O) groups is 1. The van der Waals surface area contributed by atoms with Gasteiger partial charge in [0.2, 0.25) is 17.8 Å². The van der Waals surface area contributed by atoms with E-state index < -0.39 is 5.91 Å². The first-order valence-electron chi connectivity index (χ1n) is 7.38. The molecule has 3 rings (SSSR count). The summed E-state index contributed by atoms with van der Waals surface area (Å²) in [4.78, 5) is 30.8. The molecule has 0 radical (unpaired) electrons. The third-order valence-corrected chi connectivity index (χ3v) is 3.74. The minimum Gasteiger partial charge on any atom is -0.481 e. The normalized spacial score (nSPS) is 13.7. The van der Waals surface area contributed by atoms with Crippen LogP contribution in [-0.2, 0) is 0 Å². The number of hydrogen-bond acceptors (Lipinski definition) is 8. The van der Waals surface area contributed by atoms with Crippen LogP contribution >= 0.6 is 11.6 Å². The van der Waals surface area contributed by atoms with Gasteiger partial charge in [0, 0.05) is 25.4 Å². The van der Waals surface area contributed by atoms with Crippen molar-refractivity contribution in [2.75, 3.05) is 30.5 Å². The molecule has 0 atom stereocenters. The van der Waals surface area contributed by atoms with Gasteiger partial charge in [0.15, 0.2) is 5.69 Å². The fraction of sp³-hybridized carbons (Fsp3) is 0.357. The molecule has 0 aromatic carbocycles. The smallest absolute Gasteiger partial charge is 0.290 e. The lowest BCUT2D eigenvalue weighted by molar-refractivity contribution is 0.0957. The van der Waals surface area contributed by atoms with Crippen LogP contribution in [0.25, 0.3) is 0 Å². The molecule has 24 heavy (non-hydrogen) atoms. The number of carbonyl (C=O) groups excluding carboxylic acids is 1. The molecule has 0 saturated carbocycles. The van der Waals surface area contributed by atoms with E-state index in [1.54, 1.807) is 6.07 Å². The van der Waals surface area contributed by atoms with Gasteiger partial charge < -0.3 is 9.64 Å². The third kappa shape index (κ3) is 3.62. The number of halogens is 1. The van der Waals surface area contributed by atoms with E-state index >= 15 is 0 Å². The Balaban J connectivity index is 1.70. The highest BCUT2D eigenvalue weighted by Gasteiger charge is 2.19. The molecule has 10 heteroatoms. The Morgan fingerprint density at radius 1 is 1.29 bits per heavy atom. The highest BCUT2D eigenvalue weighted by atomic mass is 35.5. The fourth-order valence-corrected chi connectivity index (χ4v) is 2.45. The highest BCUT2D eigenvalue weighted by Crippen LogP contribution is 2.19. The number of rotatable bonds is 5. The van der Waals surface area contributed by atoms with E-state index in [2.05, 4.69) is 30.8 Å². The van der Waals surface area contributed by atoms with Crippen LogP contribution in [0, 0.1) is 0 Å². The van der Waals surface area contributed by atoms with Crippen molar-refractivity contribution in [1.29, 1.82) is 0 Å². The molecule has 0 unspecified atom stereocenters. The molecule has 2 N–H and O–H groups in total. The topological polar surface area (TPSA) is 105 Å². The van der Waals surface area contributed by atoms with Crippen molar-refractivity contribution in [2.24, 2.45) is 0 Å². The Bertz CT molecular complexity index is 737. The zero-order valence-corrected chi connectivity index (χ0v) is 13.7. The van der Waals surface area contributed by atoms with Crippen LogP contribution in [0.4, 0.5) is 11.9 Å². The number of anilines is 2. The van der Waals surface area contributed by atoms with Crippen LogP contribution in [0.1, 0.15) is 23.3 Å². The first-order valence-corrected chi connectivity index (χ1v) is 7.76. The van der Waals surface area contributed by atoms with Crippen molar-refractivity contribution < 1.29 is 9.53 Å². The molecule has 3 heterocycles. The van der Waals surface area contributed by atoms with Crippen molar-refractivity contribution in [1.82, 2.24) is 25.4 Å². The van der Waals surface area contributed by atoms with Crippen molar-refractivity contribution in [3.63, 3.8) is 0 Å². The van der Waals surface area contributed by atoms with Gasteiger partial charge in [0.1, 0.15) is 0 Å². The summed E-state index contributed by atoms with van der Waals surface area (Å²) in [5, 5.41) is 0.170. The van der Waals surface area contributed by atoms with Gasteiger partial charge in [0.05, 0.1) is 18.3 Å². The zero-order valence-electron chi connectivity index (χ0n) is 13.0. The molecule has 1 amide bonds. The standard InChI is InChI=1S/C14H16ClN7O2/c1-24-10-4-5-16-13(18-10)21-20-12(23)11-9(15)8-17-14(19-11)22-6-2-3-7-22/h4-5,8H,2-3,6-7H2,1H3,(H,20,23)(H,16,18,21). The maximum absolute atomic E-state index is 12.3. The fourth-order valence-electron chi connectivity index (χ4n) is 2.27. The predicted molar refractivity (Wildman–Crippen MR) is 88.2 cm³/mol. The second-order valence-corrected chi connectivity index (χ2v) is 5.47. The molecule has 0 aliphatic carbocycles. The lowest BCUT2D eigenvalue weighted by Crippen LogP contribution is -2.32. The number of amides is 1. The highest BCUT2D eigenvalue weighted by molar-refractivity contribution is 6.33. The van der Waals surface area contributed by atoms with Gasteiger partial charge in [-0.25, -0.2) is 15.0 Å². The van der Waals surface area contributed by atoms with Gasteiger partial charge in [-0.15, -0.1) is 0 Å². The van der Waals surface area contributed by atoms with E-state index in [-0.39, 0.29) is 16.7 Å². The molecule has 1 saturated heterocycles. The van der Waals surface area contributed by atoms with Crippen molar-refractivity contribution in [2.45, 2.75) is 12.8 Å². The van der Waals surface area contributed by atoms with E-state index in [4.69, 9.17) is 16.3 Å². The molecular formula is C14H16ClN7O2. The summed E-state index contributed by atoms with van der Waals surface area (Å²) in [7, 11) is 1.49. The monoisotopic (exact) mass is 349 g/mol. The molecule has 1 fully saturated rings. The lowest BCUT2D eigenvalue weighted by Gasteiger charge is -2.16. The van der Waals surface area contributed by atoms with Crippen molar-refractivity contribution >= 4 is 29.4 Å². The molecule has 126 valence electrons. The van der Waals surface area contributed by atoms with Crippen molar-refractivity contribution in [3.05, 3.63) is 29.2 Å². The Morgan fingerprint density at radius 3 is 2.83 bits per heavy atom. The number of aromatic nitrogens is 4. The third-order valence-electron chi connectivity index (χ3n) is 3.46. The maximum Gasteiger partial charge on any atom is 0.290 e. The van der Waals surface area contributed by atoms with Gasteiger partial charge in [-0.2, -0.15) is 4.98 Å². The van der Waals surface area contributed by atoms with Gasteiger partial charge in [-0.1, -0.05) is 11.6 Å². The van der Waals surface area contributed by atoms with Crippen molar-refractivity contribution in [3.8, 4) is 5.88 Å². The second kappa shape index (κ2) is 7.26. The summed E-state index contributed by atoms with van der Waals surface area (Å²) < 4.78 is 4.99. The molecule has 9 nitrogen and oxygen atoms in total. The summed E-state index contributed by atoms with van der Waals surface area (Å²) in [6.07, 6.45) is 5.10. The quantitative estimate of drug-likeness (QED) is 0.778. The van der Waals surface area contributed by atoms with Crippen LogP contribution in [-0.4, -0.2) is 46.0 Å². The Hall–Kier alpha value is -2.68. The molecule has 0 bridgehead atoms. The SMILES string of the molecule is COc1ccnc(NNC(=O)c2nc(N3CCCC3)ncc2Cl)n1. The summed E-state index contributed by atoms with van der Waals surface area (Å²) in [5.41, 5.74) is 5.15. The first-order chi connectivity index (χ1) is 11.7. The largest absolute Gasteiger partial charge is 0.481 e. The van der Waals surface area contributed by atoms with Crippen LogP contribution in [0.5, 0.6) is 5.88 Å². The van der Waals surface area contributed by atoms with E-state index in [9.17, 15) is 4.79 Å². The summed E-state index contributed by atoms with van der Waals surface area (Å²) in [5.74, 6) is 0.555. The van der Waals surface area contributed by atoms with E-state index in [0.29, 0.717) is 11.8 Å². The Labute approximate surface area is 143 Å². The van der Waals surface area contributed by atoms with Gasteiger partial charge in [-0.05, 0) is 12.8 Å². The molecule has 1 aliphatic heterocycles. The van der Waals surface area contributed by atoms with Gasteiger partial charge in [-0.3, -0.25) is 15.6 Å². The van der Waals surface area contributed by atoms with Crippen LogP contribution < -0.4 is 20.5 Å². The van der Waals surface area contributed by atoms with E-state index in [1.165, 1.54) is 19.5 Å². The minimum atomic E-state index is -0.505. The van der Waals surface area contributed by atoms with Gasteiger partial charge in [0.25, 0.3) is 5.91 Å². The number of hydrogen-bond donors (Lipinski definition) is 2. The zero-order chi connectivity index (χ0) is 16.9. The summed E-state index contributed by atoms with van der Waals surface area (Å²) in [6.45, 7) is 1.75. The van der Waals surface area contributed by atoms with Crippen LogP contribution in [0.2, 0.25) is 5.02 Å². The number of methoxy groups -OCH3 is 1. The van der Waals surface area contributed by atoms with Crippen LogP contribution in [0.3, 0.4) is 0 Å². The maximum atomic E-state index is 12.3. The van der Waals surface area contributed by atoms with E-state index in [1.807, 2.05) is 4.90 Å². The average Bonchev–Trinajstić information content (AvgIpc) is 3.15. The first kappa shape index (κ1) is 16.2. The molecule has 2 aromatic rings. The molecule has 2 aromatic heterocycles. The summed E-state index contributed by atoms with van der Waals surface area (Å²) >= 11 is 6.04. The lowest BCUT2D eigenvalue weighted by atomic mass is 10.4. The molecular weight excluding hydrogens is 334 g/mol. The van der Waals surface area contributed by atoms with Gasteiger partial charge >= 0.3 is 0 Å². The second-order valence-electron chi connectivity index (χ2n) is 5.06. The number of ether oxygens (including phenoxy) is 1.